The lowest BCUT2D eigenvalue weighted by Crippen LogP contribution is -2.06. The van der Waals surface area contributed by atoms with Crippen LogP contribution in [0.15, 0.2) is 23.1 Å². The van der Waals surface area contributed by atoms with Gasteiger partial charge in [0.05, 0.1) is 7.11 Å². The number of sulfone groups is 1. The molecule has 0 fully saturated rings. The predicted octanol–water partition coefficient (Wildman–Crippen LogP) is 0.797. The Morgan fingerprint density at radius 2 is 2.00 bits per heavy atom. The van der Waals surface area contributed by atoms with E-state index >= 15 is 0 Å². The highest BCUT2D eigenvalue weighted by atomic mass is 32.2. The first-order valence-corrected chi connectivity index (χ1v) is 5.87. The van der Waals surface area contributed by atoms with Gasteiger partial charge in [-0.15, -0.1) is 0 Å². The molecule has 15 heavy (non-hydrogen) atoms. The third-order valence-corrected chi connectivity index (χ3v) is 2.93. The van der Waals surface area contributed by atoms with Crippen molar-refractivity contribution in [1.82, 2.24) is 0 Å². The Hall–Kier alpha value is -1.56. The number of hydrogen-bond donors (Lipinski definition) is 1. The van der Waals surface area contributed by atoms with E-state index in [9.17, 15) is 13.2 Å². The maximum Gasteiger partial charge on any atom is 0.339 e. The highest BCUT2D eigenvalue weighted by Crippen LogP contribution is 2.27. The predicted molar refractivity (Wildman–Crippen MR) is 53.1 cm³/mol. The Labute approximate surface area is 87.2 Å². The maximum atomic E-state index is 11.3. The molecule has 0 saturated heterocycles. The molecule has 0 bridgehead atoms. The van der Waals surface area contributed by atoms with Gasteiger partial charge >= 0.3 is 5.97 Å². The highest BCUT2D eigenvalue weighted by Gasteiger charge is 2.20. The molecular formula is C9H10O5S. The first-order valence-electron chi connectivity index (χ1n) is 3.98. The van der Waals surface area contributed by atoms with Crippen molar-refractivity contribution in [2.24, 2.45) is 0 Å². The van der Waals surface area contributed by atoms with Crippen LogP contribution in [0.5, 0.6) is 5.75 Å². The van der Waals surface area contributed by atoms with Crippen molar-refractivity contribution in [2.75, 3.05) is 13.4 Å². The maximum absolute atomic E-state index is 11.3. The molecule has 0 unspecified atom stereocenters. The van der Waals surface area contributed by atoms with Gasteiger partial charge in [0, 0.05) is 6.26 Å². The number of benzene rings is 1. The van der Waals surface area contributed by atoms with Crippen molar-refractivity contribution in [2.45, 2.75) is 4.90 Å². The second kappa shape index (κ2) is 3.90. The summed E-state index contributed by atoms with van der Waals surface area (Å²) in [5, 5.41) is 8.81. The van der Waals surface area contributed by atoms with E-state index in [1.165, 1.54) is 25.3 Å². The summed E-state index contributed by atoms with van der Waals surface area (Å²) < 4.78 is 27.4. The van der Waals surface area contributed by atoms with Crippen LogP contribution in [0.2, 0.25) is 0 Å². The van der Waals surface area contributed by atoms with Gasteiger partial charge in [0.15, 0.2) is 15.6 Å². The molecule has 0 radical (unpaired) electrons. The van der Waals surface area contributed by atoms with Crippen LogP contribution in [-0.2, 0) is 9.84 Å². The molecule has 0 aliphatic rings. The number of para-hydroxylation sites is 1. The average Bonchev–Trinajstić information content (AvgIpc) is 2.15. The molecule has 0 atom stereocenters. The summed E-state index contributed by atoms with van der Waals surface area (Å²) in [6, 6.07) is 3.96. The number of ether oxygens (including phenoxy) is 1. The van der Waals surface area contributed by atoms with Crippen molar-refractivity contribution >= 4 is 15.8 Å². The van der Waals surface area contributed by atoms with Crippen molar-refractivity contribution in [1.29, 1.82) is 0 Å². The zero-order chi connectivity index (χ0) is 11.6. The Kier molecular flexibility index (Phi) is 2.99. The van der Waals surface area contributed by atoms with Gasteiger partial charge in [0.2, 0.25) is 0 Å². The molecule has 1 aromatic carbocycles. The third kappa shape index (κ3) is 2.27. The van der Waals surface area contributed by atoms with Gasteiger partial charge in [-0.2, -0.15) is 0 Å². The van der Waals surface area contributed by atoms with Crippen molar-refractivity contribution in [3.63, 3.8) is 0 Å². The molecule has 1 rings (SSSR count). The number of carbonyl (C=O) groups is 1. The summed E-state index contributed by atoms with van der Waals surface area (Å²) in [7, 11) is -2.26. The highest BCUT2D eigenvalue weighted by molar-refractivity contribution is 7.90. The number of hydrogen-bond acceptors (Lipinski definition) is 4. The summed E-state index contributed by atoms with van der Waals surface area (Å²) in [5.74, 6) is -1.36. The normalized spacial score (nSPS) is 11.1. The van der Waals surface area contributed by atoms with E-state index in [0.717, 1.165) is 6.26 Å². The zero-order valence-corrected chi connectivity index (χ0v) is 9.04. The molecule has 6 heteroatoms. The van der Waals surface area contributed by atoms with Crippen molar-refractivity contribution in [3.05, 3.63) is 23.8 Å². The molecule has 0 heterocycles. The molecule has 0 saturated carbocycles. The van der Waals surface area contributed by atoms with Gasteiger partial charge in [0.25, 0.3) is 0 Å². The van der Waals surface area contributed by atoms with Gasteiger partial charge < -0.3 is 9.84 Å². The first-order chi connectivity index (χ1) is 6.88. The quantitative estimate of drug-likeness (QED) is 0.830. The fourth-order valence-electron chi connectivity index (χ4n) is 1.19. The van der Waals surface area contributed by atoms with Crippen LogP contribution < -0.4 is 4.74 Å². The second-order valence-electron chi connectivity index (χ2n) is 2.91. The van der Waals surface area contributed by atoms with E-state index in [0.29, 0.717) is 0 Å². The average molecular weight is 230 g/mol. The summed E-state index contributed by atoms with van der Waals surface area (Å²) >= 11 is 0. The third-order valence-electron chi connectivity index (χ3n) is 1.81. The summed E-state index contributed by atoms with van der Waals surface area (Å²) in [5.41, 5.74) is -0.166. The van der Waals surface area contributed by atoms with Crippen LogP contribution in [0.4, 0.5) is 0 Å². The molecule has 82 valence electrons. The lowest BCUT2D eigenvalue weighted by molar-refractivity contribution is 0.0693. The topological polar surface area (TPSA) is 80.7 Å². The monoisotopic (exact) mass is 230 g/mol. The van der Waals surface area contributed by atoms with Gasteiger partial charge in [-0.25, -0.2) is 13.2 Å². The standard InChI is InChI=1S/C9H10O5S/c1-14-8-6(9(10)11)4-3-5-7(8)15(2,12)13/h3-5H,1-2H3,(H,10,11). The fourth-order valence-corrected chi connectivity index (χ4v) is 2.04. The van der Waals surface area contributed by atoms with Crippen LogP contribution in [0.3, 0.4) is 0 Å². The van der Waals surface area contributed by atoms with Crippen LogP contribution >= 0.6 is 0 Å². The van der Waals surface area contributed by atoms with E-state index in [4.69, 9.17) is 9.84 Å². The van der Waals surface area contributed by atoms with Crippen molar-refractivity contribution < 1.29 is 23.1 Å². The minimum absolute atomic E-state index is 0.120. The SMILES string of the molecule is COc1c(C(=O)O)cccc1S(C)(=O)=O. The Morgan fingerprint density at radius 3 is 2.40 bits per heavy atom. The van der Waals surface area contributed by atoms with E-state index in [2.05, 4.69) is 0 Å². The molecule has 0 aromatic heterocycles. The lowest BCUT2D eigenvalue weighted by atomic mass is 10.2. The van der Waals surface area contributed by atoms with Gasteiger partial charge in [0.1, 0.15) is 10.5 Å². The molecule has 1 N–H and O–H groups in total. The number of methoxy groups -OCH3 is 1. The van der Waals surface area contributed by atoms with E-state index in [1.54, 1.807) is 0 Å². The van der Waals surface area contributed by atoms with Gasteiger partial charge in [-0.3, -0.25) is 0 Å². The number of rotatable bonds is 3. The molecule has 0 aliphatic carbocycles. The summed E-state index contributed by atoms with van der Waals surface area (Å²) in [6.07, 6.45) is 0.997. The number of aromatic carboxylic acids is 1. The second-order valence-corrected chi connectivity index (χ2v) is 4.90. The van der Waals surface area contributed by atoms with Gasteiger partial charge in [-0.1, -0.05) is 6.07 Å². The van der Waals surface area contributed by atoms with E-state index in [1.807, 2.05) is 0 Å². The summed E-state index contributed by atoms with van der Waals surface area (Å²) in [4.78, 5) is 10.7. The molecular weight excluding hydrogens is 220 g/mol. The summed E-state index contributed by atoms with van der Waals surface area (Å²) in [6.45, 7) is 0. The van der Waals surface area contributed by atoms with Crippen LogP contribution in [-0.4, -0.2) is 32.9 Å². The minimum Gasteiger partial charge on any atom is -0.494 e. The number of carboxylic acid groups (broad SMARTS) is 1. The molecule has 0 spiro atoms. The molecule has 0 aliphatic heterocycles. The first kappa shape index (κ1) is 11.5. The molecule has 5 nitrogen and oxygen atoms in total. The minimum atomic E-state index is -3.49. The van der Waals surface area contributed by atoms with Crippen LogP contribution in [0, 0.1) is 0 Å². The Bertz CT molecular complexity index is 489. The lowest BCUT2D eigenvalue weighted by Gasteiger charge is -2.09. The van der Waals surface area contributed by atoms with E-state index in [-0.39, 0.29) is 16.2 Å². The van der Waals surface area contributed by atoms with Crippen LogP contribution in [0.1, 0.15) is 10.4 Å². The number of carboxylic acids is 1. The Morgan fingerprint density at radius 1 is 1.40 bits per heavy atom. The van der Waals surface area contributed by atoms with Crippen molar-refractivity contribution in [3.8, 4) is 5.75 Å². The zero-order valence-electron chi connectivity index (χ0n) is 8.22. The Balaban J connectivity index is 3.56. The van der Waals surface area contributed by atoms with E-state index < -0.39 is 15.8 Å². The van der Waals surface area contributed by atoms with Gasteiger partial charge in [-0.05, 0) is 12.1 Å². The molecule has 0 amide bonds. The smallest absolute Gasteiger partial charge is 0.339 e. The van der Waals surface area contributed by atoms with Crippen LogP contribution in [0.25, 0.3) is 0 Å². The molecule has 1 aromatic rings. The largest absolute Gasteiger partial charge is 0.494 e. The fraction of sp³-hybridized carbons (Fsp3) is 0.222.